The summed E-state index contributed by atoms with van der Waals surface area (Å²) < 4.78 is 13.3. The summed E-state index contributed by atoms with van der Waals surface area (Å²) in [6.45, 7) is 6.09. The number of likely N-dealkylation sites (tertiary alicyclic amines) is 1. The van der Waals surface area contributed by atoms with Gasteiger partial charge in [-0.1, -0.05) is 0 Å². The molecule has 1 N–H and O–H groups in total. The van der Waals surface area contributed by atoms with Crippen molar-refractivity contribution in [2.24, 2.45) is 11.8 Å². The van der Waals surface area contributed by atoms with Crippen molar-refractivity contribution in [1.82, 2.24) is 19.8 Å². The van der Waals surface area contributed by atoms with Crippen LogP contribution in [0.15, 0.2) is 24.4 Å². The van der Waals surface area contributed by atoms with E-state index in [1.54, 1.807) is 14.2 Å². The van der Waals surface area contributed by atoms with Gasteiger partial charge in [-0.05, 0) is 88.3 Å². The largest absolute Gasteiger partial charge is 0.493 e. The van der Waals surface area contributed by atoms with Crippen LogP contribution < -0.4 is 14.8 Å². The van der Waals surface area contributed by atoms with E-state index >= 15 is 0 Å². The van der Waals surface area contributed by atoms with Crippen molar-refractivity contribution in [3.8, 4) is 22.8 Å². The van der Waals surface area contributed by atoms with Gasteiger partial charge in [0.1, 0.15) is 5.82 Å². The van der Waals surface area contributed by atoms with E-state index in [0.29, 0.717) is 0 Å². The zero-order valence-electron chi connectivity index (χ0n) is 19.0. The van der Waals surface area contributed by atoms with Crippen LogP contribution >= 0.6 is 0 Å². The molecule has 3 aliphatic heterocycles. The number of nitrogens with one attached hydrogen (secondary N) is 1. The highest BCUT2D eigenvalue weighted by molar-refractivity contribution is 5.63. The van der Waals surface area contributed by atoms with Crippen molar-refractivity contribution in [3.63, 3.8) is 0 Å². The highest BCUT2D eigenvalue weighted by Gasteiger charge is 2.32. The summed E-state index contributed by atoms with van der Waals surface area (Å²) in [5.74, 6) is 4.39. The van der Waals surface area contributed by atoms with E-state index in [0.717, 1.165) is 53.6 Å². The van der Waals surface area contributed by atoms with Crippen molar-refractivity contribution >= 4 is 0 Å². The van der Waals surface area contributed by atoms with E-state index in [4.69, 9.17) is 14.5 Å². The maximum absolute atomic E-state index is 5.48. The fourth-order valence-electron chi connectivity index (χ4n) is 5.92. The van der Waals surface area contributed by atoms with Crippen molar-refractivity contribution in [2.75, 3.05) is 40.4 Å². The van der Waals surface area contributed by atoms with Crippen LogP contribution in [0.1, 0.15) is 37.9 Å². The van der Waals surface area contributed by atoms with E-state index in [-0.39, 0.29) is 0 Å². The Morgan fingerprint density at radius 1 is 0.935 bits per heavy atom. The van der Waals surface area contributed by atoms with E-state index in [1.807, 2.05) is 12.1 Å². The summed E-state index contributed by atoms with van der Waals surface area (Å²) in [6, 6.07) is 6.88. The summed E-state index contributed by atoms with van der Waals surface area (Å²) in [4.78, 5) is 7.73. The molecule has 1 aromatic heterocycles. The van der Waals surface area contributed by atoms with E-state index in [1.165, 1.54) is 64.1 Å². The summed E-state index contributed by atoms with van der Waals surface area (Å²) in [7, 11) is 3.35. The zero-order valence-corrected chi connectivity index (χ0v) is 19.0. The van der Waals surface area contributed by atoms with Crippen molar-refractivity contribution in [3.05, 3.63) is 30.2 Å². The standard InChI is InChI=1S/C25H36N4O2/c1-30-23-5-3-19(15-24(23)31-2)22-17-29-16-20(4-6-25(29)27-22)18-9-13-28(14-10-18)21-7-11-26-12-8-21/h3,5,15,17-18,20-21,26H,4,6-14,16H2,1-2H3. The van der Waals surface area contributed by atoms with E-state index in [9.17, 15) is 0 Å². The molecule has 1 unspecified atom stereocenters. The second-order valence-electron chi connectivity index (χ2n) is 9.42. The lowest BCUT2D eigenvalue weighted by atomic mass is 9.79. The minimum Gasteiger partial charge on any atom is -0.493 e. The normalized spacial score (nSPS) is 23.5. The molecule has 6 heteroatoms. The Balaban J connectivity index is 1.23. The average Bonchev–Trinajstić information content (AvgIpc) is 3.28. The number of fused-ring (bicyclic) bond motifs is 1. The molecule has 5 rings (SSSR count). The number of piperidine rings is 2. The number of aryl methyl sites for hydroxylation is 1. The quantitative estimate of drug-likeness (QED) is 0.795. The summed E-state index contributed by atoms with van der Waals surface area (Å²) in [5, 5.41) is 3.50. The minimum atomic E-state index is 0.754. The Hall–Kier alpha value is -2.05. The summed E-state index contributed by atoms with van der Waals surface area (Å²) in [5.41, 5.74) is 2.13. The molecule has 3 aliphatic rings. The van der Waals surface area contributed by atoms with Crippen molar-refractivity contribution in [1.29, 1.82) is 0 Å². The Morgan fingerprint density at radius 3 is 2.45 bits per heavy atom. The predicted octanol–water partition coefficient (Wildman–Crippen LogP) is 3.59. The zero-order chi connectivity index (χ0) is 21.2. The van der Waals surface area contributed by atoms with E-state index in [2.05, 4.69) is 27.0 Å². The van der Waals surface area contributed by atoms with Gasteiger partial charge >= 0.3 is 0 Å². The number of hydrogen-bond donors (Lipinski definition) is 1. The highest BCUT2D eigenvalue weighted by Crippen LogP contribution is 2.36. The molecule has 1 atom stereocenters. The van der Waals surface area contributed by atoms with Gasteiger partial charge in [-0.25, -0.2) is 4.98 Å². The molecular formula is C25H36N4O2. The number of hydrogen-bond acceptors (Lipinski definition) is 5. The van der Waals surface area contributed by atoms with Crippen LogP contribution in [0.2, 0.25) is 0 Å². The topological polar surface area (TPSA) is 51.5 Å². The molecule has 0 bridgehead atoms. The SMILES string of the molecule is COc1ccc(-c2cn3c(n2)CCC(C2CCN(C4CCNCC4)CC2)C3)cc1OC. The molecule has 168 valence electrons. The first-order valence-corrected chi connectivity index (χ1v) is 12.0. The van der Waals surface area contributed by atoms with Crippen molar-refractivity contribution < 1.29 is 9.47 Å². The third-order valence-corrected chi connectivity index (χ3v) is 7.77. The number of ether oxygens (including phenoxy) is 2. The number of nitrogens with zero attached hydrogens (tertiary/aromatic N) is 3. The molecule has 4 heterocycles. The molecule has 2 fully saturated rings. The maximum Gasteiger partial charge on any atom is 0.161 e. The van der Waals surface area contributed by atoms with Crippen LogP contribution in [0.5, 0.6) is 11.5 Å². The number of methoxy groups -OCH3 is 2. The molecule has 1 aromatic carbocycles. The Kier molecular flexibility index (Phi) is 6.19. The molecule has 0 saturated carbocycles. The Bertz CT molecular complexity index is 882. The second kappa shape index (κ2) is 9.21. The van der Waals surface area contributed by atoms with Crippen LogP contribution in [0, 0.1) is 11.8 Å². The Labute approximate surface area is 185 Å². The van der Waals surface area contributed by atoms with Gasteiger partial charge in [-0.2, -0.15) is 0 Å². The fraction of sp³-hybridized carbons (Fsp3) is 0.640. The molecule has 0 amide bonds. The predicted molar refractivity (Wildman–Crippen MR) is 123 cm³/mol. The van der Waals surface area contributed by atoms with Crippen LogP contribution in [0.3, 0.4) is 0 Å². The Morgan fingerprint density at radius 2 is 1.71 bits per heavy atom. The fourth-order valence-corrected chi connectivity index (χ4v) is 5.92. The summed E-state index contributed by atoms with van der Waals surface area (Å²) in [6.07, 6.45) is 9.99. The third kappa shape index (κ3) is 4.33. The second-order valence-corrected chi connectivity index (χ2v) is 9.42. The van der Waals surface area contributed by atoms with E-state index < -0.39 is 0 Å². The number of imidazole rings is 1. The molecule has 6 nitrogen and oxygen atoms in total. The average molecular weight is 425 g/mol. The van der Waals surface area contributed by atoms with Gasteiger partial charge in [0.05, 0.1) is 19.9 Å². The first kappa shape index (κ1) is 20.8. The van der Waals surface area contributed by atoms with Crippen LogP contribution in [-0.4, -0.2) is 60.9 Å². The van der Waals surface area contributed by atoms with Gasteiger partial charge in [0.15, 0.2) is 11.5 Å². The van der Waals surface area contributed by atoms with Gasteiger partial charge < -0.3 is 24.3 Å². The van der Waals surface area contributed by atoms with Crippen LogP contribution in [0.25, 0.3) is 11.3 Å². The number of benzene rings is 1. The minimum absolute atomic E-state index is 0.754. The molecule has 0 aliphatic carbocycles. The van der Waals surface area contributed by atoms with Gasteiger partial charge in [0.25, 0.3) is 0 Å². The van der Waals surface area contributed by atoms with Gasteiger partial charge in [0.2, 0.25) is 0 Å². The molecule has 31 heavy (non-hydrogen) atoms. The third-order valence-electron chi connectivity index (χ3n) is 7.77. The molecule has 0 spiro atoms. The molecule has 0 radical (unpaired) electrons. The lowest BCUT2D eigenvalue weighted by Crippen LogP contribution is -2.47. The van der Waals surface area contributed by atoms with Gasteiger partial charge in [-0.3, -0.25) is 0 Å². The first-order valence-electron chi connectivity index (χ1n) is 12.0. The molecular weight excluding hydrogens is 388 g/mol. The highest BCUT2D eigenvalue weighted by atomic mass is 16.5. The van der Waals surface area contributed by atoms with Gasteiger partial charge in [-0.15, -0.1) is 0 Å². The van der Waals surface area contributed by atoms with Crippen molar-refractivity contribution in [2.45, 2.75) is 51.1 Å². The summed E-state index contributed by atoms with van der Waals surface area (Å²) >= 11 is 0. The lowest BCUT2D eigenvalue weighted by molar-refractivity contribution is 0.0815. The maximum atomic E-state index is 5.48. The first-order chi connectivity index (χ1) is 15.2. The molecule has 2 aromatic rings. The monoisotopic (exact) mass is 424 g/mol. The number of aromatic nitrogens is 2. The van der Waals surface area contributed by atoms with Gasteiger partial charge in [0, 0.05) is 30.8 Å². The lowest BCUT2D eigenvalue weighted by Gasteiger charge is -2.42. The number of rotatable bonds is 5. The smallest absolute Gasteiger partial charge is 0.161 e. The van der Waals surface area contributed by atoms with Crippen LogP contribution in [-0.2, 0) is 13.0 Å². The molecule has 2 saturated heterocycles. The van der Waals surface area contributed by atoms with Crippen LogP contribution in [0.4, 0.5) is 0 Å².